The second kappa shape index (κ2) is 8.81. The summed E-state index contributed by atoms with van der Waals surface area (Å²) in [7, 11) is -2.95. The molecule has 0 spiro atoms. The third kappa shape index (κ3) is 5.23. The molecule has 2 aromatic rings. The van der Waals surface area contributed by atoms with Crippen LogP contribution < -0.4 is 10.6 Å². The van der Waals surface area contributed by atoms with E-state index < -0.39 is 9.84 Å². The summed E-state index contributed by atoms with van der Waals surface area (Å²) in [5.74, 6) is 0.241. The molecule has 1 amide bonds. The lowest BCUT2D eigenvalue weighted by Gasteiger charge is -2.14. The van der Waals surface area contributed by atoms with Crippen LogP contribution >= 0.6 is 11.8 Å². The van der Waals surface area contributed by atoms with Crippen molar-refractivity contribution in [2.24, 2.45) is 4.99 Å². The quantitative estimate of drug-likeness (QED) is 0.716. The minimum absolute atomic E-state index is 0.0138. The summed E-state index contributed by atoms with van der Waals surface area (Å²) in [6.07, 6.45) is 1.80. The Morgan fingerprint density at radius 3 is 2.57 bits per heavy atom. The molecule has 2 aliphatic rings. The Kier molecular flexibility index (Phi) is 6.15. The molecule has 6 nitrogen and oxygen atoms in total. The van der Waals surface area contributed by atoms with Crippen LogP contribution in [0.3, 0.4) is 0 Å². The van der Waals surface area contributed by atoms with Gasteiger partial charge in [-0.05, 0) is 49.6 Å². The van der Waals surface area contributed by atoms with Gasteiger partial charge in [0.15, 0.2) is 15.0 Å². The van der Waals surface area contributed by atoms with Crippen LogP contribution in [0.15, 0.2) is 59.6 Å². The molecule has 30 heavy (non-hydrogen) atoms. The van der Waals surface area contributed by atoms with Gasteiger partial charge in [0.1, 0.15) is 0 Å². The first-order chi connectivity index (χ1) is 14.4. The molecule has 8 heteroatoms. The van der Waals surface area contributed by atoms with Gasteiger partial charge in [-0.15, -0.1) is 0 Å². The van der Waals surface area contributed by atoms with Gasteiger partial charge in [0, 0.05) is 22.5 Å². The summed E-state index contributed by atoms with van der Waals surface area (Å²) in [6.45, 7) is 2.02. The van der Waals surface area contributed by atoms with Gasteiger partial charge in [-0.3, -0.25) is 9.79 Å². The van der Waals surface area contributed by atoms with Crippen LogP contribution in [0.5, 0.6) is 0 Å². The summed E-state index contributed by atoms with van der Waals surface area (Å²) in [5, 5.41) is 7.03. The highest BCUT2D eigenvalue weighted by Gasteiger charge is 2.42. The lowest BCUT2D eigenvalue weighted by Crippen LogP contribution is -2.32. The lowest BCUT2D eigenvalue weighted by atomic mass is 10.1. The van der Waals surface area contributed by atoms with E-state index in [0.717, 1.165) is 23.7 Å². The van der Waals surface area contributed by atoms with Crippen LogP contribution in [0.25, 0.3) is 0 Å². The van der Waals surface area contributed by atoms with E-state index in [0.29, 0.717) is 5.56 Å². The fraction of sp³-hybridized carbons (Fsp3) is 0.364. The highest BCUT2D eigenvalue weighted by atomic mass is 32.2. The number of aryl methyl sites for hydroxylation is 1. The van der Waals surface area contributed by atoms with E-state index in [1.54, 1.807) is 12.1 Å². The van der Waals surface area contributed by atoms with Gasteiger partial charge in [-0.2, -0.15) is 0 Å². The summed E-state index contributed by atoms with van der Waals surface area (Å²) in [5.41, 5.74) is 2.71. The first-order valence-electron chi connectivity index (χ1n) is 10.0. The number of nitrogens with one attached hydrogen (secondary N) is 2. The summed E-state index contributed by atoms with van der Waals surface area (Å²) >= 11 is 1.48. The molecule has 0 saturated carbocycles. The molecule has 2 heterocycles. The molecule has 0 unspecified atom stereocenters. The second-order valence-corrected chi connectivity index (χ2v) is 11.2. The Morgan fingerprint density at radius 1 is 1.13 bits per heavy atom. The number of hydrogen-bond acceptors (Lipinski definition) is 6. The molecular formula is C22H25N3O3S2. The number of fused-ring (bicyclic) bond motifs is 1. The first-order valence-corrected chi connectivity index (χ1v) is 12.7. The van der Waals surface area contributed by atoms with E-state index in [2.05, 4.69) is 27.8 Å². The van der Waals surface area contributed by atoms with Crippen molar-refractivity contribution in [2.75, 3.05) is 16.8 Å². The third-order valence-corrected chi connectivity index (χ3v) is 8.44. The van der Waals surface area contributed by atoms with Crippen molar-refractivity contribution in [1.82, 2.24) is 5.32 Å². The topological polar surface area (TPSA) is 87.6 Å². The van der Waals surface area contributed by atoms with E-state index in [1.807, 2.05) is 37.3 Å². The Balaban J connectivity index is 1.27. The fourth-order valence-electron chi connectivity index (χ4n) is 3.65. The molecule has 2 aliphatic heterocycles. The number of thioether (sulfide) groups is 1. The van der Waals surface area contributed by atoms with Crippen molar-refractivity contribution in [3.8, 4) is 0 Å². The Labute approximate surface area is 181 Å². The van der Waals surface area contributed by atoms with Crippen molar-refractivity contribution in [2.45, 2.75) is 37.1 Å². The molecule has 2 N–H and O–H groups in total. The number of anilines is 1. The molecule has 3 atom stereocenters. The number of rotatable bonds is 6. The summed E-state index contributed by atoms with van der Waals surface area (Å²) in [6, 6.07) is 17.4. The standard InChI is InChI=1S/C22H25N3O3S2/c1-15(7-8-16-5-3-2-4-6-16)23-21(26)17-9-11-18(12-10-17)24-22-25-19-13-30(27,28)14-20(19)29-22/h2-6,9-12,15,19-20H,7-8,13-14H2,1H3,(H,23,26)(H,24,25)/t15-,19+,20-/m1/s1. The molecule has 1 saturated heterocycles. The monoisotopic (exact) mass is 443 g/mol. The smallest absolute Gasteiger partial charge is 0.251 e. The molecule has 0 radical (unpaired) electrons. The van der Waals surface area contributed by atoms with Crippen LogP contribution in [0.1, 0.15) is 29.3 Å². The predicted molar refractivity (Wildman–Crippen MR) is 123 cm³/mol. The van der Waals surface area contributed by atoms with E-state index in [1.165, 1.54) is 17.3 Å². The number of nitrogens with zero attached hydrogens (tertiary/aromatic N) is 1. The van der Waals surface area contributed by atoms with Gasteiger partial charge < -0.3 is 10.6 Å². The van der Waals surface area contributed by atoms with Gasteiger partial charge in [-0.25, -0.2) is 8.42 Å². The number of sulfone groups is 1. The largest absolute Gasteiger partial charge is 0.350 e. The zero-order valence-corrected chi connectivity index (χ0v) is 18.4. The molecule has 0 aromatic heterocycles. The molecular weight excluding hydrogens is 418 g/mol. The maximum absolute atomic E-state index is 12.5. The highest BCUT2D eigenvalue weighted by Crippen LogP contribution is 2.34. The molecule has 2 aromatic carbocycles. The van der Waals surface area contributed by atoms with Crippen molar-refractivity contribution < 1.29 is 13.2 Å². The average Bonchev–Trinajstić information content (AvgIpc) is 3.20. The van der Waals surface area contributed by atoms with Crippen molar-refractivity contribution in [1.29, 1.82) is 0 Å². The zero-order valence-electron chi connectivity index (χ0n) is 16.7. The van der Waals surface area contributed by atoms with Gasteiger partial charge in [0.2, 0.25) is 0 Å². The van der Waals surface area contributed by atoms with Gasteiger partial charge in [-0.1, -0.05) is 42.1 Å². The number of hydrogen-bond donors (Lipinski definition) is 2. The summed E-state index contributed by atoms with van der Waals surface area (Å²) < 4.78 is 23.3. The summed E-state index contributed by atoms with van der Waals surface area (Å²) in [4.78, 5) is 17.0. The molecule has 4 rings (SSSR count). The van der Waals surface area contributed by atoms with Crippen molar-refractivity contribution in [3.63, 3.8) is 0 Å². The maximum Gasteiger partial charge on any atom is 0.251 e. The molecule has 158 valence electrons. The third-order valence-electron chi connectivity index (χ3n) is 5.30. The van der Waals surface area contributed by atoms with Crippen LogP contribution in [0.2, 0.25) is 0 Å². The minimum atomic E-state index is -2.95. The number of aliphatic imine (C=N–C) groups is 1. The van der Waals surface area contributed by atoms with E-state index in [-0.39, 0.29) is 34.7 Å². The Bertz CT molecular complexity index is 1040. The van der Waals surface area contributed by atoms with Gasteiger partial charge in [0.05, 0.1) is 17.5 Å². The van der Waals surface area contributed by atoms with Crippen LogP contribution in [0, 0.1) is 0 Å². The lowest BCUT2D eigenvalue weighted by molar-refractivity contribution is 0.0938. The normalized spacial score (nSPS) is 22.8. The van der Waals surface area contributed by atoms with Crippen molar-refractivity contribution >= 4 is 38.4 Å². The number of amidine groups is 1. The number of benzene rings is 2. The van der Waals surface area contributed by atoms with Crippen LogP contribution in [-0.2, 0) is 16.3 Å². The number of carbonyl (C=O) groups is 1. The van der Waals surface area contributed by atoms with Crippen LogP contribution in [0.4, 0.5) is 5.69 Å². The predicted octanol–water partition coefficient (Wildman–Crippen LogP) is 3.12. The Morgan fingerprint density at radius 2 is 1.87 bits per heavy atom. The van der Waals surface area contributed by atoms with Gasteiger partial charge >= 0.3 is 0 Å². The molecule has 0 bridgehead atoms. The van der Waals surface area contributed by atoms with E-state index in [4.69, 9.17) is 0 Å². The highest BCUT2D eigenvalue weighted by molar-refractivity contribution is 8.15. The van der Waals surface area contributed by atoms with Crippen molar-refractivity contribution in [3.05, 3.63) is 65.7 Å². The second-order valence-electron chi connectivity index (χ2n) is 7.84. The maximum atomic E-state index is 12.5. The SMILES string of the molecule is C[C@H](CCc1ccccc1)NC(=O)c1ccc(NC2=N[C@H]3CS(=O)(=O)C[C@H]3S2)cc1. The number of carbonyl (C=O) groups excluding carboxylic acids is 1. The number of amides is 1. The van der Waals surface area contributed by atoms with Gasteiger partial charge in [0.25, 0.3) is 5.91 Å². The average molecular weight is 444 g/mol. The zero-order chi connectivity index (χ0) is 21.1. The van der Waals surface area contributed by atoms with E-state index >= 15 is 0 Å². The molecule has 1 fully saturated rings. The van der Waals surface area contributed by atoms with E-state index in [9.17, 15) is 13.2 Å². The Hall–Kier alpha value is -2.32. The minimum Gasteiger partial charge on any atom is -0.350 e. The molecule has 0 aliphatic carbocycles. The first kappa shape index (κ1) is 20.9. The van der Waals surface area contributed by atoms with Crippen LogP contribution in [-0.4, -0.2) is 48.3 Å². The fourth-order valence-corrected chi connectivity index (χ4v) is 7.33.